The summed E-state index contributed by atoms with van der Waals surface area (Å²) in [7, 11) is 0. The number of benzene rings is 2. The fourth-order valence-electron chi connectivity index (χ4n) is 3.25. The fourth-order valence-corrected chi connectivity index (χ4v) is 4.08. The Morgan fingerprint density at radius 3 is 2.66 bits per heavy atom. The Hall–Kier alpha value is -2.60. The lowest BCUT2D eigenvalue weighted by Crippen LogP contribution is -2.34. The highest BCUT2D eigenvalue weighted by Crippen LogP contribution is 2.22. The van der Waals surface area contributed by atoms with Gasteiger partial charge in [0.2, 0.25) is 5.91 Å². The molecule has 1 atom stereocenters. The standard InChI is InChI=1S/C23H27N3O2S/c1-5-8-17(4)24-21(27)14-29-23-25-20-10-7-6-9-19(20)22(28)26(23)18-12-11-15(2)16(3)13-18/h6-7,9-13,17H,5,8,14H2,1-4H3,(H,24,27)/t17-/m1/s1. The molecule has 0 saturated heterocycles. The molecule has 1 N–H and O–H groups in total. The summed E-state index contributed by atoms with van der Waals surface area (Å²) >= 11 is 1.29. The topological polar surface area (TPSA) is 64.0 Å². The molecule has 0 saturated carbocycles. The minimum atomic E-state index is -0.124. The van der Waals surface area contributed by atoms with Crippen molar-refractivity contribution in [3.63, 3.8) is 0 Å². The van der Waals surface area contributed by atoms with E-state index in [0.717, 1.165) is 29.7 Å². The summed E-state index contributed by atoms with van der Waals surface area (Å²) in [4.78, 5) is 30.3. The van der Waals surface area contributed by atoms with Gasteiger partial charge in [-0.3, -0.25) is 14.2 Å². The molecule has 5 nitrogen and oxygen atoms in total. The van der Waals surface area contributed by atoms with Crippen molar-refractivity contribution in [1.29, 1.82) is 0 Å². The van der Waals surface area contributed by atoms with E-state index in [2.05, 4.69) is 12.2 Å². The molecule has 0 aliphatic heterocycles. The minimum Gasteiger partial charge on any atom is -0.353 e. The van der Waals surface area contributed by atoms with Crippen LogP contribution in [0.5, 0.6) is 0 Å². The van der Waals surface area contributed by atoms with Crippen LogP contribution in [0.3, 0.4) is 0 Å². The van der Waals surface area contributed by atoms with Gasteiger partial charge in [0, 0.05) is 6.04 Å². The highest BCUT2D eigenvalue weighted by Gasteiger charge is 2.16. The van der Waals surface area contributed by atoms with E-state index in [1.54, 1.807) is 10.6 Å². The highest BCUT2D eigenvalue weighted by molar-refractivity contribution is 7.99. The zero-order valence-electron chi connectivity index (χ0n) is 17.4. The number of fused-ring (bicyclic) bond motifs is 1. The van der Waals surface area contributed by atoms with Crippen LogP contribution in [-0.4, -0.2) is 27.3 Å². The molecule has 3 aromatic rings. The number of hydrogen-bond donors (Lipinski definition) is 1. The van der Waals surface area contributed by atoms with E-state index in [-0.39, 0.29) is 23.3 Å². The minimum absolute atomic E-state index is 0.0509. The number of nitrogens with zero attached hydrogens (tertiary/aromatic N) is 2. The molecular weight excluding hydrogens is 382 g/mol. The second kappa shape index (κ2) is 9.27. The smallest absolute Gasteiger partial charge is 0.266 e. The van der Waals surface area contributed by atoms with Crippen LogP contribution in [0.25, 0.3) is 16.6 Å². The lowest BCUT2D eigenvalue weighted by molar-refractivity contribution is -0.119. The van der Waals surface area contributed by atoms with Gasteiger partial charge in [0.15, 0.2) is 5.16 Å². The molecule has 1 heterocycles. The van der Waals surface area contributed by atoms with Crippen LogP contribution in [-0.2, 0) is 4.79 Å². The Morgan fingerprint density at radius 1 is 1.17 bits per heavy atom. The second-order valence-corrected chi connectivity index (χ2v) is 8.31. The molecule has 0 spiro atoms. The van der Waals surface area contributed by atoms with E-state index in [0.29, 0.717) is 16.1 Å². The summed E-state index contributed by atoms with van der Waals surface area (Å²) in [6.07, 6.45) is 1.96. The van der Waals surface area contributed by atoms with Crippen molar-refractivity contribution in [2.75, 3.05) is 5.75 Å². The van der Waals surface area contributed by atoms with Crippen LogP contribution in [0.15, 0.2) is 52.4 Å². The number of para-hydroxylation sites is 1. The number of aryl methyl sites for hydroxylation is 2. The molecule has 0 unspecified atom stereocenters. The summed E-state index contributed by atoms with van der Waals surface area (Å²) in [6.45, 7) is 8.16. The first-order valence-electron chi connectivity index (χ1n) is 9.92. The fraction of sp³-hybridized carbons (Fsp3) is 0.348. The van der Waals surface area contributed by atoms with E-state index < -0.39 is 0 Å². The van der Waals surface area contributed by atoms with Gasteiger partial charge >= 0.3 is 0 Å². The quantitative estimate of drug-likeness (QED) is 0.464. The number of amides is 1. The predicted molar refractivity (Wildman–Crippen MR) is 120 cm³/mol. The Morgan fingerprint density at radius 2 is 1.93 bits per heavy atom. The van der Waals surface area contributed by atoms with Gasteiger partial charge in [-0.2, -0.15) is 0 Å². The first kappa shape index (κ1) is 21.1. The Bertz CT molecular complexity index is 1090. The van der Waals surface area contributed by atoms with Gasteiger partial charge in [-0.25, -0.2) is 4.98 Å². The van der Waals surface area contributed by atoms with E-state index in [1.807, 2.05) is 57.2 Å². The van der Waals surface area contributed by atoms with Gasteiger partial charge in [-0.15, -0.1) is 0 Å². The number of thioether (sulfide) groups is 1. The van der Waals surface area contributed by atoms with Crippen molar-refractivity contribution in [2.24, 2.45) is 0 Å². The monoisotopic (exact) mass is 409 g/mol. The average Bonchev–Trinajstić information content (AvgIpc) is 2.69. The molecule has 1 aromatic heterocycles. The summed E-state index contributed by atoms with van der Waals surface area (Å²) < 4.78 is 1.61. The van der Waals surface area contributed by atoms with Crippen molar-refractivity contribution in [2.45, 2.75) is 51.7 Å². The third-order valence-corrected chi connectivity index (χ3v) is 5.89. The van der Waals surface area contributed by atoms with Gasteiger partial charge < -0.3 is 5.32 Å². The molecule has 0 aliphatic rings. The van der Waals surface area contributed by atoms with E-state index in [1.165, 1.54) is 11.8 Å². The SMILES string of the molecule is CCC[C@@H](C)NC(=O)CSc1nc2ccccc2c(=O)n1-c1ccc(C)c(C)c1. The second-order valence-electron chi connectivity index (χ2n) is 7.37. The van der Waals surface area contributed by atoms with Crippen molar-refractivity contribution in [1.82, 2.24) is 14.9 Å². The Balaban J connectivity index is 2.00. The lowest BCUT2D eigenvalue weighted by atomic mass is 10.1. The Labute approximate surface area is 175 Å². The van der Waals surface area contributed by atoms with Gasteiger partial charge in [0.25, 0.3) is 5.56 Å². The molecule has 0 radical (unpaired) electrons. The van der Waals surface area contributed by atoms with Crippen LogP contribution >= 0.6 is 11.8 Å². The maximum Gasteiger partial charge on any atom is 0.266 e. The summed E-state index contributed by atoms with van der Waals surface area (Å²) in [5, 5.41) is 4.09. The maximum atomic E-state index is 13.3. The zero-order valence-corrected chi connectivity index (χ0v) is 18.2. The van der Waals surface area contributed by atoms with Gasteiger partial charge in [-0.05, 0) is 62.6 Å². The number of hydrogen-bond acceptors (Lipinski definition) is 4. The maximum absolute atomic E-state index is 13.3. The molecule has 29 heavy (non-hydrogen) atoms. The largest absolute Gasteiger partial charge is 0.353 e. The first-order chi connectivity index (χ1) is 13.9. The van der Waals surface area contributed by atoms with Crippen molar-refractivity contribution < 1.29 is 4.79 Å². The number of carbonyl (C=O) groups is 1. The molecule has 0 fully saturated rings. The van der Waals surface area contributed by atoms with Crippen molar-refractivity contribution in [3.8, 4) is 5.69 Å². The summed E-state index contributed by atoms with van der Waals surface area (Å²) in [5.41, 5.74) is 3.54. The number of aromatic nitrogens is 2. The van der Waals surface area contributed by atoms with E-state index >= 15 is 0 Å². The highest BCUT2D eigenvalue weighted by atomic mass is 32.2. The van der Waals surface area contributed by atoms with Crippen LogP contribution in [0.4, 0.5) is 0 Å². The molecule has 152 valence electrons. The molecular formula is C23H27N3O2S. The molecule has 3 rings (SSSR count). The molecule has 6 heteroatoms. The van der Waals surface area contributed by atoms with E-state index in [9.17, 15) is 9.59 Å². The average molecular weight is 410 g/mol. The molecule has 0 aliphatic carbocycles. The van der Waals surface area contributed by atoms with Crippen LogP contribution < -0.4 is 10.9 Å². The van der Waals surface area contributed by atoms with Crippen molar-refractivity contribution in [3.05, 3.63) is 63.9 Å². The van der Waals surface area contributed by atoms with Crippen LogP contribution in [0.2, 0.25) is 0 Å². The van der Waals surface area contributed by atoms with Gasteiger partial charge in [0.1, 0.15) is 0 Å². The summed E-state index contributed by atoms with van der Waals surface area (Å²) in [6, 6.07) is 13.4. The van der Waals surface area contributed by atoms with Crippen LogP contribution in [0, 0.1) is 13.8 Å². The molecule has 1 amide bonds. The molecule has 0 bridgehead atoms. The van der Waals surface area contributed by atoms with Gasteiger partial charge in [0.05, 0.1) is 22.3 Å². The summed E-state index contributed by atoms with van der Waals surface area (Å²) in [5.74, 6) is 0.161. The first-order valence-corrected chi connectivity index (χ1v) is 10.9. The lowest BCUT2D eigenvalue weighted by Gasteiger charge is -2.15. The van der Waals surface area contributed by atoms with E-state index in [4.69, 9.17) is 4.98 Å². The predicted octanol–water partition coefficient (Wildman–Crippen LogP) is 4.40. The molecule has 2 aromatic carbocycles. The number of rotatable bonds is 7. The van der Waals surface area contributed by atoms with Crippen molar-refractivity contribution >= 4 is 28.6 Å². The third kappa shape index (κ3) is 4.88. The Kier molecular flexibility index (Phi) is 6.75. The van der Waals surface area contributed by atoms with Gasteiger partial charge in [-0.1, -0.05) is 43.3 Å². The number of carbonyl (C=O) groups excluding carboxylic acids is 1. The third-order valence-electron chi connectivity index (χ3n) is 4.96. The normalized spacial score (nSPS) is 12.1. The number of nitrogens with one attached hydrogen (secondary N) is 1. The zero-order chi connectivity index (χ0) is 21.0. The van der Waals surface area contributed by atoms with Crippen LogP contribution in [0.1, 0.15) is 37.8 Å².